The Balaban J connectivity index is 2.13. The zero-order valence-electron chi connectivity index (χ0n) is 11.0. The molecule has 6 nitrogen and oxygen atoms in total. The molecule has 1 atom stereocenters. The second kappa shape index (κ2) is 4.54. The quantitative estimate of drug-likeness (QED) is 0.863. The van der Waals surface area contributed by atoms with E-state index in [4.69, 9.17) is 10.5 Å². The molecule has 6 heteroatoms. The highest BCUT2D eigenvalue weighted by molar-refractivity contribution is 5.81. The highest BCUT2D eigenvalue weighted by Gasteiger charge is 2.46. The van der Waals surface area contributed by atoms with Crippen molar-refractivity contribution in [2.75, 3.05) is 13.7 Å². The molecule has 1 aromatic rings. The van der Waals surface area contributed by atoms with E-state index in [-0.39, 0.29) is 17.8 Å². The van der Waals surface area contributed by atoms with Crippen LogP contribution >= 0.6 is 0 Å². The third-order valence-corrected chi connectivity index (χ3v) is 3.68. The SMILES string of the molecule is COc1ccccc1[C@@H]1C(C#N)=C(N)N2C(=O)CCN12. The van der Waals surface area contributed by atoms with E-state index in [1.165, 1.54) is 5.01 Å². The molecule has 0 unspecified atom stereocenters. The Labute approximate surface area is 116 Å². The number of hydrogen-bond acceptors (Lipinski definition) is 5. The van der Waals surface area contributed by atoms with Gasteiger partial charge in [0.05, 0.1) is 18.7 Å². The molecule has 2 aliphatic rings. The lowest BCUT2D eigenvalue weighted by molar-refractivity contribution is -0.133. The summed E-state index contributed by atoms with van der Waals surface area (Å²) in [4.78, 5) is 11.9. The molecule has 2 N–H and O–H groups in total. The van der Waals surface area contributed by atoms with Gasteiger partial charge in [0, 0.05) is 18.5 Å². The summed E-state index contributed by atoms with van der Waals surface area (Å²) in [5.74, 6) is 0.831. The number of amides is 1. The van der Waals surface area contributed by atoms with Crippen molar-refractivity contribution >= 4 is 5.91 Å². The fourth-order valence-electron chi connectivity index (χ4n) is 2.81. The minimum absolute atomic E-state index is 0.0763. The fourth-order valence-corrected chi connectivity index (χ4v) is 2.81. The number of hydrogen-bond donors (Lipinski definition) is 1. The van der Waals surface area contributed by atoms with Crippen LogP contribution in [0.5, 0.6) is 5.75 Å². The lowest BCUT2D eigenvalue weighted by Crippen LogP contribution is -2.36. The van der Waals surface area contributed by atoms with Crippen LogP contribution in [-0.4, -0.2) is 29.6 Å². The van der Waals surface area contributed by atoms with Crippen molar-refractivity contribution in [1.82, 2.24) is 10.0 Å². The average molecular weight is 270 g/mol. The van der Waals surface area contributed by atoms with Gasteiger partial charge in [-0.1, -0.05) is 18.2 Å². The second-order valence-electron chi connectivity index (χ2n) is 4.67. The van der Waals surface area contributed by atoms with Crippen LogP contribution in [0.4, 0.5) is 0 Å². The molecular weight excluding hydrogens is 256 g/mol. The summed E-state index contributed by atoms with van der Waals surface area (Å²) in [5, 5.41) is 12.6. The van der Waals surface area contributed by atoms with E-state index in [2.05, 4.69) is 6.07 Å². The molecule has 1 saturated heterocycles. The number of benzene rings is 1. The highest BCUT2D eigenvalue weighted by Crippen LogP contribution is 2.43. The molecule has 3 rings (SSSR count). The number of carbonyl (C=O) groups is 1. The minimum atomic E-state index is -0.359. The van der Waals surface area contributed by atoms with E-state index >= 15 is 0 Å². The summed E-state index contributed by atoms with van der Waals surface area (Å²) in [6, 6.07) is 9.23. The number of nitrogens with zero attached hydrogens (tertiary/aromatic N) is 3. The second-order valence-corrected chi connectivity index (χ2v) is 4.67. The van der Waals surface area contributed by atoms with E-state index in [0.29, 0.717) is 24.3 Å². The Morgan fingerprint density at radius 3 is 2.90 bits per heavy atom. The van der Waals surface area contributed by atoms with E-state index in [0.717, 1.165) is 5.56 Å². The van der Waals surface area contributed by atoms with Crippen molar-refractivity contribution in [3.05, 3.63) is 41.2 Å². The van der Waals surface area contributed by atoms with Crippen LogP contribution in [0.3, 0.4) is 0 Å². The van der Waals surface area contributed by atoms with E-state index in [1.54, 1.807) is 7.11 Å². The number of carbonyl (C=O) groups excluding carboxylic acids is 1. The highest BCUT2D eigenvalue weighted by atomic mass is 16.5. The molecule has 1 aromatic carbocycles. The lowest BCUT2D eigenvalue weighted by Gasteiger charge is -2.26. The third kappa shape index (κ3) is 1.57. The number of ether oxygens (including phenoxy) is 1. The first-order valence-corrected chi connectivity index (χ1v) is 6.31. The number of rotatable bonds is 2. The van der Waals surface area contributed by atoms with Gasteiger partial charge in [0.25, 0.3) is 0 Å². The Morgan fingerprint density at radius 2 is 2.20 bits per heavy atom. The molecule has 0 aromatic heterocycles. The molecule has 0 saturated carbocycles. The Morgan fingerprint density at radius 1 is 1.45 bits per heavy atom. The largest absolute Gasteiger partial charge is 0.496 e. The normalized spacial score (nSPS) is 22.1. The average Bonchev–Trinajstić information content (AvgIpc) is 2.98. The van der Waals surface area contributed by atoms with Crippen LogP contribution < -0.4 is 10.5 Å². The van der Waals surface area contributed by atoms with Crippen molar-refractivity contribution in [3.63, 3.8) is 0 Å². The van der Waals surface area contributed by atoms with Crippen molar-refractivity contribution < 1.29 is 9.53 Å². The van der Waals surface area contributed by atoms with Gasteiger partial charge in [-0.05, 0) is 6.07 Å². The fraction of sp³-hybridized carbons (Fsp3) is 0.286. The molecule has 2 aliphatic heterocycles. The van der Waals surface area contributed by atoms with Crippen LogP contribution in [0.2, 0.25) is 0 Å². The Kier molecular flexibility index (Phi) is 2.84. The third-order valence-electron chi connectivity index (χ3n) is 3.68. The summed E-state index contributed by atoms with van der Waals surface area (Å²) in [6.07, 6.45) is 0.408. The van der Waals surface area contributed by atoms with Crippen LogP contribution in [0.15, 0.2) is 35.7 Å². The van der Waals surface area contributed by atoms with Gasteiger partial charge in [-0.15, -0.1) is 0 Å². The number of nitriles is 1. The van der Waals surface area contributed by atoms with E-state index < -0.39 is 0 Å². The van der Waals surface area contributed by atoms with Gasteiger partial charge < -0.3 is 10.5 Å². The number of para-hydroxylation sites is 1. The molecule has 1 amide bonds. The van der Waals surface area contributed by atoms with Crippen molar-refractivity contribution in [2.45, 2.75) is 12.5 Å². The molecule has 0 aliphatic carbocycles. The van der Waals surface area contributed by atoms with E-state index in [1.807, 2.05) is 29.3 Å². The summed E-state index contributed by atoms with van der Waals surface area (Å²) in [6.45, 7) is 0.549. The Bertz CT molecular complexity index is 647. The number of methoxy groups -OCH3 is 1. The molecular formula is C14H14N4O2. The predicted molar refractivity (Wildman–Crippen MR) is 70.7 cm³/mol. The molecule has 0 radical (unpaired) electrons. The maximum absolute atomic E-state index is 11.9. The topological polar surface area (TPSA) is 82.6 Å². The molecule has 20 heavy (non-hydrogen) atoms. The monoisotopic (exact) mass is 270 g/mol. The van der Waals surface area contributed by atoms with Gasteiger partial charge in [0.15, 0.2) is 0 Å². The smallest absolute Gasteiger partial charge is 0.244 e. The van der Waals surface area contributed by atoms with Gasteiger partial charge in [-0.2, -0.15) is 10.3 Å². The van der Waals surface area contributed by atoms with Crippen LogP contribution in [0.1, 0.15) is 18.0 Å². The minimum Gasteiger partial charge on any atom is -0.496 e. The number of fused-ring (bicyclic) bond motifs is 1. The Hall–Kier alpha value is -2.52. The standard InChI is InChI=1S/C14H14N4O2/c1-20-11-5-3-2-4-9(11)13-10(8-15)14(16)18-12(19)6-7-17(13)18/h2-5,13H,6-7,16H2,1H3/t13-/m1/s1. The van der Waals surface area contributed by atoms with Crippen molar-refractivity contribution in [3.8, 4) is 11.8 Å². The maximum Gasteiger partial charge on any atom is 0.244 e. The van der Waals surface area contributed by atoms with Crippen molar-refractivity contribution in [1.29, 1.82) is 5.26 Å². The first kappa shape index (κ1) is 12.5. The number of nitrogens with two attached hydrogens (primary N) is 1. The van der Waals surface area contributed by atoms with Gasteiger partial charge >= 0.3 is 0 Å². The summed E-state index contributed by atoms with van der Waals surface area (Å²) in [7, 11) is 1.58. The summed E-state index contributed by atoms with van der Waals surface area (Å²) < 4.78 is 5.36. The van der Waals surface area contributed by atoms with Gasteiger partial charge in [0.2, 0.25) is 5.91 Å². The summed E-state index contributed by atoms with van der Waals surface area (Å²) in [5.41, 5.74) is 7.19. The zero-order chi connectivity index (χ0) is 14.3. The predicted octanol–water partition coefficient (Wildman–Crippen LogP) is 0.893. The molecule has 0 spiro atoms. The van der Waals surface area contributed by atoms with Crippen LogP contribution in [0, 0.1) is 11.3 Å². The lowest BCUT2D eigenvalue weighted by atomic mass is 9.99. The van der Waals surface area contributed by atoms with E-state index in [9.17, 15) is 10.1 Å². The molecule has 1 fully saturated rings. The van der Waals surface area contributed by atoms with Gasteiger partial charge in [-0.3, -0.25) is 4.79 Å². The molecule has 102 valence electrons. The molecule has 2 heterocycles. The zero-order valence-corrected chi connectivity index (χ0v) is 11.0. The molecule has 0 bridgehead atoms. The maximum atomic E-state index is 11.9. The first-order valence-electron chi connectivity index (χ1n) is 6.31. The first-order chi connectivity index (χ1) is 9.69. The van der Waals surface area contributed by atoms with Crippen LogP contribution in [-0.2, 0) is 4.79 Å². The van der Waals surface area contributed by atoms with Crippen LogP contribution in [0.25, 0.3) is 0 Å². The summed E-state index contributed by atoms with van der Waals surface area (Å²) >= 11 is 0. The number of hydrazine groups is 1. The van der Waals surface area contributed by atoms with Gasteiger partial charge in [0.1, 0.15) is 17.6 Å². The van der Waals surface area contributed by atoms with Crippen molar-refractivity contribution in [2.24, 2.45) is 5.73 Å². The van der Waals surface area contributed by atoms with Gasteiger partial charge in [-0.25, -0.2) is 5.01 Å².